The minimum atomic E-state index is -0.174. The highest BCUT2D eigenvalue weighted by molar-refractivity contribution is 5.96. The van der Waals surface area contributed by atoms with Gasteiger partial charge in [-0.15, -0.1) is 0 Å². The minimum absolute atomic E-state index is 0.174. The molecule has 0 aromatic carbocycles. The van der Waals surface area contributed by atoms with E-state index >= 15 is 0 Å². The first-order valence-corrected chi connectivity index (χ1v) is 7.86. The Labute approximate surface area is 133 Å². The monoisotopic (exact) mass is 314 g/mol. The maximum Gasteiger partial charge on any atom is 0.270 e. The van der Waals surface area contributed by atoms with Crippen molar-refractivity contribution < 1.29 is 14.0 Å². The van der Waals surface area contributed by atoms with Crippen LogP contribution in [0.15, 0.2) is 22.7 Å². The average Bonchev–Trinajstić information content (AvgIpc) is 2.97. The van der Waals surface area contributed by atoms with Gasteiger partial charge in [0, 0.05) is 36.3 Å². The zero-order valence-electron chi connectivity index (χ0n) is 12.6. The highest BCUT2D eigenvalue weighted by Gasteiger charge is 2.35. The molecule has 0 aliphatic carbocycles. The van der Waals surface area contributed by atoms with Crippen molar-refractivity contribution in [3.05, 3.63) is 24.0 Å². The van der Waals surface area contributed by atoms with E-state index in [0.717, 1.165) is 37.9 Å². The zero-order valence-corrected chi connectivity index (χ0v) is 12.6. The van der Waals surface area contributed by atoms with Gasteiger partial charge in [-0.3, -0.25) is 19.9 Å². The van der Waals surface area contributed by atoms with Crippen LogP contribution in [-0.4, -0.2) is 47.9 Å². The summed E-state index contributed by atoms with van der Waals surface area (Å²) in [6, 6.07) is 3.49. The highest BCUT2D eigenvalue weighted by Crippen LogP contribution is 2.28. The van der Waals surface area contributed by atoms with Gasteiger partial charge >= 0.3 is 0 Å². The summed E-state index contributed by atoms with van der Waals surface area (Å²) in [6.45, 7) is 3.20. The minimum Gasteiger partial charge on any atom is -0.440 e. The van der Waals surface area contributed by atoms with Crippen LogP contribution in [-0.2, 0) is 4.79 Å². The number of amides is 2. The molecule has 1 atom stereocenters. The van der Waals surface area contributed by atoms with E-state index in [1.165, 1.54) is 0 Å². The zero-order chi connectivity index (χ0) is 15.8. The average molecular weight is 314 g/mol. The second-order valence-corrected chi connectivity index (χ2v) is 6.20. The van der Waals surface area contributed by atoms with E-state index in [-0.39, 0.29) is 11.9 Å². The summed E-state index contributed by atoms with van der Waals surface area (Å²) < 4.78 is 5.47. The van der Waals surface area contributed by atoms with Crippen LogP contribution < -0.4 is 10.6 Å². The number of carbonyl (C=O) groups is 2. The standard InChI is InChI=1S/C16H18N4O3/c21-9-18-15-5-11-7-17-12(6-14(11)23-15)16(22)19-13-8-20-3-1-10(13)2-4-20/h5-7,9-10,13H,1-4,8H2,(H,18,21)(H,19,22). The van der Waals surface area contributed by atoms with Crippen molar-refractivity contribution >= 4 is 29.2 Å². The molecule has 3 aliphatic rings. The smallest absolute Gasteiger partial charge is 0.270 e. The number of rotatable bonds is 4. The molecule has 5 heterocycles. The van der Waals surface area contributed by atoms with E-state index < -0.39 is 0 Å². The molecule has 0 spiro atoms. The molecule has 7 nitrogen and oxygen atoms in total. The van der Waals surface area contributed by atoms with E-state index in [4.69, 9.17) is 4.42 Å². The van der Waals surface area contributed by atoms with Crippen LogP contribution in [0.4, 0.5) is 5.88 Å². The predicted octanol–water partition coefficient (Wildman–Crippen LogP) is 1.22. The second kappa shape index (κ2) is 5.66. The number of pyridine rings is 1. The van der Waals surface area contributed by atoms with Gasteiger partial charge in [0.15, 0.2) is 0 Å². The fourth-order valence-electron chi connectivity index (χ4n) is 3.56. The van der Waals surface area contributed by atoms with Gasteiger partial charge in [0.25, 0.3) is 5.91 Å². The summed E-state index contributed by atoms with van der Waals surface area (Å²) >= 11 is 0. The van der Waals surface area contributed by atoms with Crippen molar-refractivity contribution in [1.29, 1.82) is 0 Å². The third-order valence-electron chi connectivity index (χ3n) is 4.81. The first-order chi connectivity index (χ1) is 11.2. The molecule has 2 amide bonds. The summed E-state index contributed by atoms with van der Waals surface area (Å²) in [7, 11) is 0. The maximum atomic E-state index is 12.5. The number of furan rings is 1. The highest BCUT2D eigenvalue weighted by atomic mass is 16.4. The van der Waals surface area contributed by atoms with Gasteiger partial charge in [0.1, 0.15) is 11.3 Å². The van der Waals surface area contributed by atoms with Gasteiger partial charge in [-0.2, -0.15) is 0 Å². The van der Waals surface area contributed by atoms with Gasteiger partial charge in [0.05, 0.1) is 0 Å². The second-order valence-electron chi connectivity index (χ2n) is 6.20. The lowest BCUT2D eigenvalue weighted by Gasteiger charge is -2.44. The number of carbonyl (C=O) groups excluding carboxylic acids is 2. The Kier molecular flexibility index (Phi) is 3.49. The van der Waals surface area contributed by atoms with Gasteiger partial charge in [-0.1, -0.05) is 0 Å². The van der Waals surface area contributed by atoms with E-state index in [2.05, 4.69) is 20.5 Å². The van der Waals surface area contributed by atoms with Crippen LogP contribution in [0.25, 0.3) is 11.0 Å². The third-order valence-corrected chi connectivity index (χ3v) is 4.81. The molecule has 0 radical (unpaired) electrons. The lowest BCUT2D eigenvalue weighted by Crippen LogP contribution is -2.57. The van der Waals surface area contributed by atoms with E-state index in [1.54, 1.807) is 18.3 Å². The predicted molar refractivity (Wildman–Crippen MR) is 84.1 cm³/mol. The molecule has 3 aliphatic heterocycles. The molecule has 2 N–H and O–H groups in total. The number of nitrogens with zero attached hydrogens (tertiary/aromatic N) is 2. The Balaban J connectivity index is 1.51. The van der Waals surface area contributed by atoms with Gasteiger partial charge in [-0.05, 0) is 31.8 Å². The van der Waals surface area contributed by atoms with Crippen LogP contribution in [0, 0.1) is 5.92 Å². The SMILES string of the molecule is O=CNc1cc2cnc(C(=O)NC3CN4CCC3CC4)cc2o1. The van der Waals surface area contributed by atoms with Crippen molar-refractivity contribution in [2.75, 3.05) is 25.0 Å². The summed E-state index contributed by atoms with van der Waals surface area (Å²) in [5.41, 5.74) is 0.865. The lowest BCUT2D eigenvalue weighted by molar-refractivity contribution is -0.105. The molecule has 2 bridgehead atoms. The first-order valence-electron chi connectivity index (χ1n) is 7.86. The largest absolute Gasteiger partial charge is 0.440 e. The van der Waals surface area contributed by atoms with Gasteiger partial charge in [0.2, 0.25) is 12.3 Å². The third kappa shape index (κ3) is 2.68. The topological polar surface area (TPSA) is 87.5 Å². The Hall–Kier alpha value is -2.41. The Morgan fingerprint density at radius 3 is 2.87 bits per heavy atom. The quantitative estimate of drug-likeness (QED) is 0.829. The molecule has 2 aromatic heterocycles. The fourth-order valence-corrected chi connectivity index (χ4v) is 3.56. The Bertz CT molecular complexity index is 749. The Morgan fingerprint density at radius 1 is 1.35 bits per heavy atom. The van der Waals surface area contributed by atoms with Crippen LogP contribution in [0.1, 0.15) is 23.3 Å². The maximum absolute atomic E-state index is 12.5. The molecule has 5 rings (SSSR count). The molecule has 1 unspecified atom stereocenters. The van der Waals surface area contributed by atoms with Crippen LogP contribution in [0.5, 0.6) is 0 Å². The summed E-state index contributed by atoms with van der Waals surface area (Å²) in [4.78, 5) is 29.5. The fraction of sp³-hybridized carbons (Fsp3) is 0.438. The number of aromatic nitrogens is 1. The van der Waals surface area contributed by atoms with Crippen molar-refractivity contribution in [2.45, 2.75) is 18.9 Å². The van der Waals surface area contributed by atoms with Crippen LogP contribution in [0.2, 0.25) is 0 Å². The molecule has 3 fully saturated rings. The number of hydrogen-bond acceptors (Lipinski definition) is 5. The van der Waals surface area contributed by atoms with Crippen molar-refractivity contribution in [3.63, 3.8) is 0 Å². The molecule has 0 saturated carbocycles. The lowest BCUT2D eigenvalue weighted by atomic mass is 9.84. The van der Waals surface area contributed by atoms with Gasteiger partial charge < -0.3 is 14.6 Å². The molecule has 23 heavy (non-hydrogen) atoms. The number of nitrogens with one attached hydrogen (secondary N) is 2. The summed E-state index contributed by atoms with van der Waals surface area (Å²) in [6.07, 6.45) is 4.43. The van der Waals surface area contributed by atoms with Crippen molar-refractivity contribution in [3.8, 4) is 0 Å². The van der Waals surface area contributed by atoms with Crippen molar-refractivity contribution in [1.82, 2.24) is 15.2 Å². The number of fused-ring (bicyclic) bond motifs is 4. The molecular weight excluding hydrogens is 296 g/mol. The number of hydrogen-bond donors (Lipinski definition) is 2. The van der Waals surface area contributed by atoms with E-state index in [9.17, 15) is 9.59 Å². The van der Waals surface area contributed by atoms with E-state index in [1.807, 2.05) is 0 Å². The molecule has 7 heteroatoms. The normalized spacial score (nSPS) is 26.2. The molecule has 2 aromatic rings. The van der Waals surface area contributed by atoms with E-state index in [0.29, 0.717) is 29.5 Å². The molecule has 3 saturated heterocycles. The van der Waals surface area contributed by atoms with Crippen molar-refractivity contribution in [2.24, 2.45) is 5.92 Å². The molecule has 120 valence electrons. The number of anilines is 1. The molecular formula is C16H18N4O3. The van der Waals surface area contributed by atoms with Gasteiger partial charge in [-0.25, -0.2) is 0 Å². The summed E-state index contributed by atoms with van der Waals surface area (Å²) in [5, 5.41) is 6.30. The first kappa shape index (κ1) is 14.2. The van der Waals surface area contributed by atoms with Crippen LogP contribution >= 0.6 is 0 Å². The summed E-state index contributed by atoms with van der Waals surface area (Å²) in [5.74, 6) is 0.735. The number of piperidine rings is 3. The Morgan fingerprint density at radius 2 is 2.17 bits per heavy atom. The van der Waals surface area contributed by atoms with Crippen LogP contribution in [0.3, 0.4) is 0 Å².